The van der Waals surface area contributed by atoms with Crippen molar-refractivity contribution in [1.82, 2.24) is 20.4 Å². The van der Waals surface area contributed by atoms with Gasteiger partial charge in [0.05, 0.1) is 11.4 Å². The monoisotopic (exact) mass is 378 g/mol. The van der Waals surface area contributed by atoms with E-state index in [1.165, 1.54) is 0 Å². The lowest BCUT2D eigenvalue weighted by Crippen LogP contribution is -2.40. The van der Waals surface area contributed by atoms with Gasteiger partial charge in [-0.15, -0.1) is 11.3 Å². The number of piperidine rings is 1. The minimum Gasteiger partial charge on any atom is -0.382 e. The Bertz CT molecular complexity index is 666. The van der Waals surface area contributed by atoms with Crippen LogP contribution in [0.1, 0.15) is 32.1 Å². The Morgan fingerprint density at radius 1 is 1.46 bits per heavy atom. The predicted molar refractivity (Wildman–Crippen MR) is 99.7 cm³/mol. The molecule has 0 spiro atoms. The third kappa shape index (κ3) is 5.36. The fraction of sp³-hybridized carbons (Fsp3) is 0.611. The van der Waals surface area contributed by atoms with Crippen molar-refractivity contribution < 1.29 is 14.1 Å². The maximum absolute atomic E-state index is 12.2. The highest BCUT2D eigenvalue weighted by molar-refractivity contribution is 7.13. The highest BCUT2D eigenvalue weighted by atomic mass is 32.1. The van der Waals surface area contributed by atoms with E-state index < -0.39 is 0 Å². The van der Waals surface area contributed by atoms with Crippen molar-refractivity contribution in [1.29, 1.82) is 0 Å². The van der Waals surface area contributed by atoms with Gasteiger partial charge in [-0.1, -0.05) is 11.2 Å². The largest absolute Gasteiger partial charge is 0.382 e. The number of aromatic nitrogens is 2. The van der Waals surface area contributed by atoms with E-state index in [1.54, 1.807) is 11.3 Å². The molecule has 1 aliphatic heterocycles. The summed E-state index contributed by atoms with van der Waals surface area (Å²) in [5.41, 5.74) is 0. The molecule has 2 aromatic rings. The van der Waals surface area contributed by atoms with Gasteiger partial charge in [0.1, 0.15) is 0 Å². The van der Waals surface area contributed by atoms with Gasteiger partial charge in [0.2, 0.25) is 17.6 Å². The van der Waals surface area contributed by atoms with Crippen molar-refractivity contribution in [3.05, 3.63) is 23.4 Å². The fourth-order valence-corrected chi connectivity index (χ4v) is 3.69. The summed E-state index contributed by atoms with van der Waals surface area (Å²) in [5.74, 6) is 1.55. The van der Waals surface area contributed by atoms with Crippen LogP contribution in [0.25, 0.3) is 10.7 Å². The fourth-order valence-electron chi connectivity index (χ4n) is 3.04. The minimum atomic E-state index is 0.0997. The van der Waals surface area contributed by atoms with E-state index in [2.05, 4.69) is 20.4 Å². The van der Waals surface area contributed by atoms with E-state index >= 15 is 0 Å². The summed E-state index contributed by atoms with van der Waals surface area (Å²) in [6.45, 7) is 6.47. The number of thiophene rings is 1. The summed E-state index contributed by atoms with van der Waals surface area (Å²) in [7, 11) is 0. The number of rotatable bonds is 9. The molecule has 1 saturated heterocycles. The van der Waals surface area contributed by atoms with Crippen LogP contribution in [0.4, 0.5) is 0 Å². The molecule has 0 aromatic carbocycles. The average molecular weight is 378 g/mol. The van der Waals surface area contributed by atoms with Gasteiger partial charge >= 0.3 is 0 Å². The van der Waals surface area contributed by atoms with Crippen LogP contribution >= 0.6 is 11.3 Å². The summed E-state index contributed by atoms with van der Waals surface area (Å²) >= 11 is 1.60. The molecule has 0 aliphatic carbocycles. The van der Waals surface area contributed by atoms with Gasteiger partial charge in [0, 0.05) is 25.7 Å². The lowest BCUT2D eigenvalue weighted by Gasteiger charge is -2.30. The second-order valence-electron chi connectivity index (χ2n) is 6.38. The molecule has 3 heterocycles. The van der Waals surface area contributed by atoms with Crippen LogP contribution in [0.3, 0.4) is 0 Å². The summed E-state index contributed by atoms with van der Waals surface area (Å²) < 4.78 is 10.6. The molecule has 142 valence electrons. The van der Waals surface area contributed by atoms with E-state index in [0.29, 0.717) is 31.4 Å². The zero-order chi connectivity index (χ0) is 18.2. The normalized spacial score (nSPS) is 16.0. The third-order valence-electron chi connectivity index (χ3n) is 4.50. The number of ether oxygens (including phenoxy) is 1. The smallest absolute Gasteiger partial charge is 0.241 e. The molecule has 0 unspecified atom stereocenters. The van der Waals surface area contributed by atoms with E-state index in [1.807, 2.05) is 24.4 Å². The van der Waals surface area contributed by atoms with Crippen molar-refractivity contribution in [3.63, 3.8) is 0 Å². The van der Waals surface area contributed by atoms with Crippen molar-refractivity contribution in [3.8, 4) is 10.7 Å². The van der Waals surface area contributed by atoms with Gasteiger partial charge in [-0.25, -0.2) is 0 Å². The molecule has 1 N–H and O–H groups in total. The predicted octanol–water partition coefficient (Wildman–Crippen LogP) is 2.55. The highest BCUT2D eigenvalue weighted by Crippen LogP contribution is 2.23. The Balaban J connectivity index is 1.38. The van der Waals surface area contributed by atoms with Crippen LogP contribution in [0.5, 0.6) is 0 Å². The summed E-state index contributed by atoms with van der Waals surface area (Å²) in [5, 5.41) is 9.06. The van der Waals surface area contributed by atoms with Gasteiger partial charge in [-0.3, -0.25) is 9.69 Å². The Hall–Kier alpha value is -1.77. The zero-order valence-electron chi connectivity index (χ0n) is 15.1. The molecule has 0 radical (unpaired) electrons. The summed E-state index contributed by atoms with van der Waals surface area (Å²) in [6.07, 6.45) is 2.59. The molecular weight excluding hydrogens is 352 g/mol. The van der Waals surface area contributed by atoms with Crippen LogP contribution in [0, 0.1) is 5.92 Å². The Labute approximate surface area is 157 Å². The van der Waals surface area contributed by atoms with Crippen LogP contribution in [-0.4, -0.2) is 53.8 Å². The van der Waals surface area contributed by atoms with Crippen LogP contribution in [0.2, 0.25) is 0 Å². The molecular formula is C18H26N4O3S. The quantitative estimate of drug-likeness (QED) is 0.676. The highest BCUT2D eigenvalue weighted by Gasteiger charge is 2.25. The molecule has 0 atom stereocenters. The van der Waals surface area contributed by atoms with Gasteiger partial charge in [0.25, 0.3) is 0 Å². The standard InChI is InChI=1S/C18H26N4O3S/c1-2-24-11-4-8-19-18(23)14-6-9-22(10-7-14)13-16-20-17(21-25-16)15-5-3-12-26-15/h3,5,12,14H,2,4,6-11,13H2,1H3,(H,19,23). The second-order valence-corrected chi connectivity index (χ2v) is 7.33. The first-order chi connectivity index (χ1) is 12.8. The van der Waals surface area contributed by atoms with E-state index in [9.17, 15) is 4.79 Å². The molecule has 3 rings (SSSR count). The second kappa shape index (κ2) is 9.80. The number of hydrogen-bond acceptors (Lipinski definition) is 7. The molecule has 8 heteroatoms. The number of nitrogens with zero attached hydrogens (tertiary/aromatic N) is 3. The van der Waals surface area contributed by atoms with Gasteiger partial charge in [-0.2, -0.15) is 4.98 Å². The first-order valence-corrected chi connectivity index (χ1v) is 10.1. The maximum atomic E-state index is 12.2. The number of nitrogens with one attached hydrogen (secondary N) is 1. The first-order valence-electron chi connectivity index (χ1n) is 9.20. The van der Waals surface area contributed by atoms with E-state index in [0.717, 1.165) is 43.8 Å². The Kier molecular flexibility index (Phi) is 7.16. The molecule has 1 amide bonds. The average Bonchev–Trinajstić information content (AvgIpc) is 3.33. The first kappa shape index (κ1) is 19.0. The topological polar surface area (TPSA) is 80.5 Å². The van der Waals surface area contributed by atoms with Crippen LogP contribution in [-0.2, 0) is 16.1 Å². The van der Waals surface area contributed by atoms with Crippen molar-refractivity contribution >= 4 is 17.2 Å². The Morgan fingerprint density at radius 2 is 2.31 bits per heavy atom. The third-order valence-corrected chi connectivity index (χ3v) is 5.36. The number of likely N-dealkylation sites (tertiary alicyclic amines) is 1. The number of carbonyl (C=O) groups is 1. The van der Waals surface area contributed by atoms with Crippen molar-refractivity contribution in [2.24, 2.45) is 5.92 Å². The molecule has 7 nitrogen and oxygen atoms in total. The number of amides is 1. The van der Waals surface area contributed by atoms with Gasteiger partial charge < -0.3 is 14.6 Å². The summed E-state index contributed by atoms with van der Waals surface area (Å²) in [6, 6.07) is 3.96. The molecule has 1 aliphatic rings. The number of hydrogen-bond donors (Lipinski definition) is 1. The van der Waals surface area contributed by atoms with Crippen molar-refractivity contribution in [2.45, 2.75) is 32.7 Å². The summed E-state index contributed by atoms with van der Waals surface area (Å²) in [4.78, 5) is 20.0. The van der Waals surface area contributed by atoms with Gasteiger partial charge in [0.15, 0.2) is 0 Å². The van der Waals surface area contributed by atoms with Crippen LogP contribution in [0.15, 0.2) is 22.0 Å². The Morgan fingerprint density at radius 3 is 3.04 bits per heavy atom. The van der Waals surface area contributed by atoms with E-state index in [-0.39, 0.29) is 11.8 Å². The molecule has 0 saturated carbocycles. The van der Waals surface area contributed by atoms with E-state index in [4.69, 9.17) is 9.26 Å². The molecule has 1 fully saturated rings. The SMILES string of the molecule is CCOCCCNC(=O)C1CCN(Cc2nc(-c3cccs3)no2)CC1. The number of carbonyl (C=O) groups excluding carboxylic acids is 1. The lowest BCUT2D eigenvalue weighted by molar-refractivity contribution is -0.126. The van der Waals surface area contributed by atoms with Crippen molar-refractivity contribution in [2.75, 3.05) is 32.8 Å². The molecule has 2 aromatic heterocycles. The maximum Gasteiger partial charge on any atom is 0.241 e. The lowest BCUT2D eigenvalue weighted by atomic mass is 9.96. The van der Waals surface area contributed by atoms with Crippen LogP contribution < -0.4 is 5.32 Å². The molecule has 26 heavy (non-hydrogen) atoms. The minimum absolute atomic E-state index is 0.0997. The van der Waals surface area contributed by atoms with Gasteiger partial charge in [-0.05, 0) is 50.7 Å². The molecule has 0 bridgehead atoms. The zero-order valence-corrected chi connectivity index (χ0v) is 16.0.